The Kier molecular flexibility index (Phi) is 7.78. The number of aryl methyl sites for hydroxylation is 1. The lowest BCUT2D eigenvalue weighted by molar-refractivity contribution is -0.127. The highest BCUT2D eigenvalue weighted by atomic mass is 16.6. The first-order valence-corrected chi connectivity index (χ1v) is 13.2. The number of carbonyl (C=O) groups is 3. The molecule has 0 aromatic heterocycles. The Morgan fingerprint density at radius 1 is 1.00 bits per heavy atom. The van der Waals surface area contributed by atoms with Gasteiger partial charge in [0.15, 0.2) is 0 Å². The van der Waals surface area contributed by atoms with Crippen LogP contribution in [-0.2, 0) is 9.53 Å². The number of nitrogens with zero attached hydrogens (tertiary/aromatic N) is 5. The molecule has 3 aliphatic rings. The third-order valence-corrected chi connectivity index (χ3v) is 7.43. The van der Waals surface area contributed by atoms with Crippen molar-refractivity contribution >= 4 is 29.4 Å². The summed E-state index contributed by atoms with van der Waals surface area (Å²) in [5.74, 6) is 0.487. The molecule has 0 aliphatic carbocycles. The molecule has 1 aromatic carbocycles. The number of piperidine rings is 1. The van der Waals surface area contributed by atoms with Gasteiger partial charge in [0.25, 0.3) is 0 Å². The molecule has 36 heavy (non-hydrogen) atoms. The third kappa shape index (κ3) is 6.11. The Balaban J connectivity index is 1.25. The minimum absolute atomic E-state index is 0.128. The summed E-state index contributed by atoms with van der Waals surface area (Å²) in [6, 6.07) is 6.00. The maximum absolute atomic E-state index is 12.6. The number of amides is 4. The van der Waals surface area contributed by atoms with Crippen LogP contribution in [0.2, 0.25) is 0 Å². The SMILES string of the molecule is Cc1cc(N2CCN(CC3CCN(C(=O)OC(C)(C)C)CC3)CC2)ccc1N1CCC(=O)N(C)C1=O. The van der Waals surface area contributed by atoms with Crippen molar-refractivity contribution in [3.05, 3.63) is 23.8 Å². The molecule has 198 valence electrons. The molecule has 0 atom stereocenters. The molecule has 3 fully saturated rings. The van der Waals surface area contributed by atoms with Gasteiger partial charge in [0.05, 0.1) is 0 Å². The van der Waals surface area contributed by atoms with Crippen molar-refractivity contribution in [1.82, 2.24) is 14.7 Å². The number of ether oxygens (including phenoxy) is 1. The van der Waals surface area contributed by atoms with E-state index in [-0.39, 0.29) is 18.0 Å². The van der Waals surface area contributed by atoms with Crippen molar-refractivity contribution in [3.8, 4) is 0 Å². The van der Waals surface area contributed by atoms with Gasteiger partial charge in [-0.25, -0.2) is 9.59 Å². The van der Waals surface area contributed by atoms with E-state index in [1.54, 1.807) is 11.9 Å². The lowest BCUT2D eigenvalue weighted by atomic mass is 9.96. The summed E-state index contributed by atoms with van der Waals surface area (Å²) in [6.45, 7) is 14.8. The first-order chi connectivity index (χ1) is 17.0. The molecule has 0 radical (unpaired) electrons. The van der Waals surface area contributed by atoms with Crippen LogP contribution < -0.4 is 9.80 Å². The van der Waals surface area contributed by atoms with Crippen molar-refractivity contribution in [3.63, 3.8) is 0 Å². The summed E-state index contributed by atoms with van der Waals surface area (Å²) >= 11 is 0. The van der Waals surface area contributed by atoms with Gasteiger partial charge in [-0.3, -0.25) is 19.5 Å². The van der Waals surface area contributed by atoms with Crippen LogP contribution in [0.5, 0.6) is 0 Å². The molecule has 9 heteroatoms. The summed E-state index contributed by atoms with van der Waals surface area (Å²) in [5.41, 5.74) is 2.65. The smallest absolute Gasteiger partial charge is 0.410 e. The molecule has 0 bridgehead atoms. The van der Waals surface area contributed by atoms with Crippen molar-refractivity contribution in [2.45, 2.75) is 52.6 Å². The zero-order valence-corrected chi connectivity index (χ0v) is 22.5. The number of hydrogen-bond acceptors (Lipinski definition) is 6. The Bertz CT molecular complexity index is 975. The summed E-state index contributed by atoms with van der Waals surface area (Å²) < 4.78 is 5.52. The lowest BCUT2D eigenvalue weighted by Gasteiger charge is -2.40. The number of hydrogen-bond donors (Lipinski definition) is 0. The van der Waals surface area contributed by atoms with Crippen molar-refractivity contribution in [1.29, 1.82) is 0 Å². The molecular formula is C27H41N5O4. The van der Waals surface area contributed by atoms with Crippen LogP contribution in [0, 0.1) is 12.8 Å². The van der Waals surface area contributed by atoms with E-state index in [4.69, 9.17) is 4.74 Å². The normalized spacial score (nSPS) is 20.8. The zero-order chi connectivity index (χ0) is 26.0. The number of benzene rings is 1. The Labute approximate surface area is 214 Å². The number of urea groups is 1. The van der Waals surface area contributed by atoms with Gasteiger partial charge in [-0.1, -0.05) is 0 Å². The van der Waals surface area contributed by atoms with Crippen molar-refractivity contribution in [2.75, 3.05) is 69.2 Å². The van der Waals surface area contributed by atoms with Gasteiger partial charge in [0.2, 0.25) is 5.91 Å². The van der Waals surface area contributed by atoms with Crippen LogP contribution in [0.3, 0.4) is 0 Å². The van der Waals surface area contributed by atoms with Crippen LogP contribution in [-0.4, -0.2) is 97.7 Å². The van der Waals surface area contributed by atoms with Gasteiger partial charge in [0.1, 0.15) is 5.60 Å². The maximum atomic E-state index is 12.6. The predicted molar refractivity (Wildman–Crippen MR) is 140 cm³/mol. The minimum Gasteiger partial charge on any atom is -0.444 e. The van der Waals surface area contributed by atoms with E-state index in [1.807, 2.05) is 38.7 Å². The lowest BCUT2D eigenvalue weighted by Crippen LogP contribution is -2.50. The fourth-order valence-corrected chi connectivity index (χ4v) is 5.30. The second-order valence-corrected chi connectivity index (χ2v) is 11.3. The molecule has 9 nitrogen and oxygen atoms in total. The molecule has 1 aromatic rings. The van der Waals surface area contributed by atoms with E-state index < -0.39 is 5.60 Å². The molecule has 0 N–H and O–H groups in total. The standard InChI is InChI=1S/C27H41N5O4/c1-20-18-22(6-7-23(20)32-13-10-24(33)28(5)25(32)34)30-16-14-29(15-17-30)19-21-8-11-31(12-9-21)26(35)36-27(2,3)4/h6-7,18,21H,8-17,19H2,1-5H3. The zero-order valence-electron chi connectivity index (χ0n) is 22.5. The second kappa shape index (κ2) is 10.7. The number of likely N-dealkylation sites (tertiary alicyclic amines) is 1. The highest BCUT2D eigenvalue weighted by molar-refractivity contribution is 6.05. The molecule has 0 spiro atoms. The number of anilines is 2. The topological polar surface area (TPSA) is 76.6 Å². The van der Waals surface area contributed by atoms with E-state index in [1.165, 1.54) is 10.6 Å². The van der Waals surface area contributed by atoms with Gasteiger partial charge in [0, 0.05) is 77.2 Å². The molecule has 0 unspecified atom stereocenters. The maximum Gasteiger partial charge on any atom is 0.410 e. The van der Waals surface area contributed by atoms with E-state index in [9.17, 15) is 14.4 Å². The van der Waals surface area contributed by atoms with E-state index in [0.717, 1.165) is 69.9 Å². The predicted octanol–water partition coefficient (Wildman–Crippen LogP) is 3.55. The van der Waals surface area contributed by atoms with E-state index >= 15 is 0 Å². The van der Waals surface area contributed by atoms with Crippen LogP contribution in [0.4, 0.5) is 21.0 Å². The van der Waals surface area contributed by atoms with Gasteiger partial charge < -0.3 is 14.5 Å². The van der Waals surface area contributed by atoms with Gasteiger partial charge >= 0.3 is 12.1 Å². The first-order valence-electron chi connectivity index (χ1n) is 13.2. The highest BCUT2D eigenvalue weighted by Crippen LogP contribution is 2.29. The Morgan fingerprint density at radius 2 is 1.67 bits per heavy atom. The van der Waals surface area contributed by atoms with Gasteiger partial charge in [-0.2, -0.15) is 0 Å². The molecular weight excluding hydrogens is 458 g/mol. The molecule has 4 rings (SSSR count). The molecule has 4 amide bonds. The highest BCUT2D eigenvalue weighted by Gasteiger charge is 2.31. The summed E-state index contributed by atoms with van der Waals surface area (Å²) in [5, 5.41) is 0. The van der Waals surface area contributed by atoms with Crippen LogP contribution in [0.15, 0.2) is 18.2 Å². The van der Waals surface area contributed by atoms with Crippen LogP contribution in [0.25, 0.3) is 0 Å². The number of imide groups is 1. The summed E-state index contributed by atoms with van der Waals surface area (Å²) in [4.78, 5) is 46.4. The molecule has 3 aliphatic heterocycles. The monoisotopic (exact) mass is 499 g/mol. The Hall–Kier alpha value is -2.81. The van der Waals surface area contributed by atoms with Crippen molar-refractivity contribution in [2.24, 2.45) is 5.92 Å². The fourth-order valence-electron chi connectivity index (χ4n) is 5.30. The van der Waals surface area contributed by atoms with Gasteiger partial charge in [-0.15, -0.1) is 0 Å². The van der Waals surface area contributed by atoms with Gasteiger partial charge in [-0.05, 0) is 70.2 Å². The summed E-state index contributed by atoms with van der Waals surface area (Å²) in [7, 11) is 1.55. The fraction of sp³-hybridized carbons (Fsp3) is 0.667. The quantitative estimate of drug-likeness (QED) is 0.631. The average Bonchev–Trinajstić information content (AvgIpc) is 2.83. The van der Waals surface area contributed by atoms with E-state index in [0.29, 0.717) is 18.9 Å². The van der Waals surface area contributed by atoms with Crippen LogP contribution in [0.1, 0.15) is 45.6 Å². The largest absolute Gasteiger partial charge is 0.444 e. The molecule has 0 saturated carbocycles. The second-order valence-electron chi connectivity index (χ2n) is 11.3. The first kappa shape index (κ1) is 26.3. The van der Waals surface area contributed by atoms with Crippen molar-refractivity contribution < 1.29 is 19.1 Å². The third-order valence-electron chi connectivity index (χ3n) is 7.43. The Morgan fingerprint density at radius 3 is 2.28 bits per heavy atom. The number of rotatable bonds is 4. The number of piperazine rings is 1. The van der Waals surface area contributed by atoms with Crippen LogP contribution >= 0.6 is 0 Å². The molecule has 3 saturated heterocycles. The minimum atomic E-state index is -0.450. The average molecular weight is 500 g/mol. The summed E-state index contributed by atoms with van der Waals surface area (Å²) in [6.07, 6.45) is 2.21. The van der Waals surface area contributed by atoms with E-state index in [2.05, 4.69) is 21.9 Å². The number of carbonyl (C=O) groups excluding carboxylic acids is 3. The molecule has 3 heterocycles.